The van der Waals surface area contributed by atoms with E-state index in [4.69, 9.17) is 21.1 Å². The zero-order valence-electron chi connectivity index (χ0n) is 15.4. The van der Waals surface area contributed by atoms with Crippen molar-refractivity contribution in [3.8, 4) is 0 Å². The van der Waals surface area contributed by atoms with Crippen molar-refractivity contribution < 1.29 is 24.5 Å². The van der Waals surface area contributed by atoms with Crippen LogP contribution < -0.4 is 11.2 Å². The van der Waals surface area contributed by atoms with E-state index in [0.29, 0.717) is 0 Å². The minimum absolute atomic E-state index is 0.212. The number of carbonyl (C=O) groups is 1. The average molecular weight is 403 g/mol. The molecule has 1 aromatic heterocycles. The Bertz CT molecular complexity index is 854. The van der Waals surface area contributed by atoms with E-state index in [9.17, 15) is 24.6 Å². The third kappa shape index (κ3) is 4.16. The van der Waals surface area contributed by atoms with E-state index in [1.54, 1.807) is 20.8 Å². The van der Waals surface area contributed by atoms with Crippen LogP contribution in [0.5, 0.6) is 0 Å². The number of halogens is 1. The number of H-pyrrole nitrogens is 1. The van der Waals surface area contributed by atoms with Crippen LogP contribution in [0.1, 0.15) is 32.6 Å². The van der Waals surface area contributed by atoms with Gasteiger partial charge in [-0.25, -0.2) is 4.79 Å². The monoisotopic (exact) mass is 402 g/mol. The summed E-state index contributed by atoms with van der Waals surface area (Å²) in [6.07, 6.45) is -1.98. The third-order valence-corrected chi connectivity index (χ3v) is 4.39. The number of aromatic amines is 1. The van der Waals surface area contributed by atoms with Crippen LogP contribution in [-0.2, 0) is 14.3 Å². The van der Waals surface area contributed by atoms with Crippen molar-refractivity contribution in [3.63, 3.8) is 0 Å². The zero-order chi connectivity index (χ0) is 20.6. The highest BCUT2D eigenvalue weighted by atomic mass is 35.5. The van der Waals surface area contributed by atoms with Gasteiger partial charge < -0.3 is 19.7 Å². The Balaban J connectivity index is 2.39. The molecule has 3 N–H and O–H groups in total. The van der Waals surface area contributed by atoms with Crippen LogP contribution in [0.15, 0.2) is 27.4 Å². The number of aliphatic hydroxyl groups excluding tert-OH is 2. The van der Waals surface area contributed by atoms with Crippen LogP contribution in [0.2, 0.25) is 0 Å². The minimum Gasteiger partial charge on any atom is -0.462 e. The SMILES string of the molecule is Cc1cn([C@@H]2O[C@](/C=C\Cl)(COC(=O)C(C)(C)C)[C@@H](O)[C@H]2O)c(=O)[nH]c1=O. The fourth-order valence-electron chi connectivity index (χ4n) is 2.61. The van der Waals surface area contributed by atoms with Crippen LogP contribution in [0.4, 0.5) is 0 Å². The Morgan fingerprint density at radius 2 is 2.07 bits per heavy atom. The van der Waals surface area contributed by atoms with Crippen molar-refractivity contribution in [1.29, 1.82) is 0 Å². The Labute approximate surface area is 160 Å². The van der Waals surface area contributed by atoms with Crippen molar-refractivity contribution in [2.45, 2.75) is 51.7 Å². The highest BCUT2D eigenvalue weighted by Crippen LogP contribution is 2.38. The highest BCUT2D eigenvalue weighted by Gasteiger charge is 2.55. The summed E-state index contributed by atoms with van der Waals surface area (Å²) < 4.78 is 11.9. The minimum atomic E-state index is -1.67. The standard InChI is InChI=1S/C17H23ClN2O7/c1-9-7-20(15(25)19-12(9)23)13-10(21)11(22)17(27-13,5-6-18)8-26-14(24)16(2,3)4/h5-7,10-11,13,21-22H,8H2,1-4H3,(H,19,23,25)/b6-5-/t10-,11+,13-,17-/m1/s1. The van der Waals surface area contributed by atoms with E-state index < -0.39 is 53.3 Å². The number of hydrogen-bond donors (Lipinski definition) is 3. The lowest BCUT2D eigenvalue weighted by atomic mass is 9.95. The van der Waals surface area contributed by atoms with Crippen molar-refractivity contribution in [2.75, 3.05) is 6.61 Å². The first-order chi connectivity index (χ1) is 12.4. The van der Waals surface area contributed by atoms with Crippen LogP contribution in [0, 0.1) is 12.3 Å². The second-order valence-electron chi connectivity index (χ2n) is 7.50. The normalized spacial score (nSPS) is 28.6. The van der Waals surface area contributed by atoms with E-state index in [1.807, 2.05) is 0 Å². The number of nitrogens with zero attached hydrogens (tertiary/aromatic N) is 1. The third-order valence-electron chi connectivity index (χ3n) is 4.26. The van der Waals surface area contributed by atoms with E-state index in [2.05, 4.69) is 4.98 Å². The molecule has 0 saturated carbocycles. The summed E-state index contributed by atoms with van der Waals surface area (Å²) in [5, 5.41) is 21.0. The van der Waals surface area contributed by atoms with Gasteiger partial charge in [-0.3, -0.25) is 19.1 Å². The van der Waals surface area contributed by atoms with E-state index in [-0.39, 0.29) is 5.56 Å². The largest absolute Gasteiger partial charge is 0.462 e. The fourth-order valence-corrected chi connectivity index (χ4v) is 2.83. The Morgan fingerprint density at radius 3 is 2.63 bits per heavy atom. The topological polar surface area (TPSA) is 131 Å². The molecule has 10 heteroatoms. The molecule has 0 aliphatic carbocycles. The van der Waals surface area contributed by atoms with Gasteiger partial charge in [-0.15, -0.1) is 0 Å². The van der Waals surface area contributed by atoms with Crippen LogP contribution >= 0.6 is 11.6 Å². The molecule has 0 spiro atoms. The van der Waals surface area contributed by atoms with Gasteiger partial charge in [-0.1, -0.05) is 11.6 Å². The maximum absolute atomic E-state index is 12.1. The zero-order valence-corrected chi connectivity index (χ0v) is 16.2. The number of aryl methyl sites for hydroxylation is 1. The van der Waals surface area contributed by atoms with Gasteiger partial charge in [0, 0.05) is 17.3 Å². The number of esters is 1. The van der Waals surface area contributed by atoms with Gasteiger partial charge in [0.15, 0.2) is 11.8 Å². The summed E-state index contributed by atoms with van der Waals surface area (Å²) >= 11 is 5.65. The molecule has 0 bridgehead atoms. The van der Waals surface area contributed by atoms with Gasteiger partial charge >= 0.3 is 11.7 Å². The van der Waals surface area contributed by atoms with Gasteiger partial charge in [0.1, 0.15) is 18.8 Å². The van der Waals surface area contributed by atoms with E-state index >= 15 is 0 Å². The summed E-state index contributed by atoms with van der Waals surface area (Å²) in [6, 6.07) is 0. The number of carbonyl (C=O) groups excluding carboxylic acids is 1. The summed E-state index contributed by atoms with van der Waals surface area (Å²) in [7, 11) is 0. The lowest BCUT2D eigenvalue weighted by Gasteiger charge is -2.29. The van der Waals surface area contributed by atoms with Crippen LogP contribution in [0.25, 0.3) is 0 Å². The molecule has 2 rings (SSSR count). The molecule has 27 heavy (non-hydrogen) atoms. The molecule has 2 heterocycles. The smallest absolute Gasteiger partial charge is 0.330 e. The van der Waals surface area contributed by atoms with E-state index in [0.717, 1.165) is 10.1 Å². The fraction of sp³-hybridized carbons (Fsp3) is 0.588. The molecule has 1 aliphatic rings. The van der Waals surface area contributed by atoms with Gasteiger partial charge in [-0.2, -0.15) is 0 Å². The van der Waals surface area contributed by atoms with Crippen LogP contribution in [-0.4, -0.2) is 50.1 Å². The number of ether oxygens (including phenoxy) is 2. The Hall–Kier alpha value is -1.94. The highest BCUT2D eigenvalue weighted by molar-refractivity contribution is 6.25. The maximum Gasteiger partial charge on any atom is 0.330 e. The predicted molar refractivity (Wildman–Crippen MR) is 96.3 cm³/mol. The summed E-state index contributed by atoms with van der Waals surface area (Å²) in [5.41, 5.74) is -2.58. The molecule has 0 radical (unpaired) electrons. The Morgan fingerprint density at radius 1 is 1.44 bits per heavy atom. The van der Waals surface area contributed by atoms with Gasteiger partial charge in [0.2, 0.25) is 0 Å². The number of aromatic nitrogens is 2. The second-order valence-corrected chi connectivity index (χ2v) is 7.75. The van der Waals surface area contributed by atoms with Gasteiger partial charge in [0.05, 0.1) is 5.41 Å². The molecule has 9 nitrogen and oxygen atoms in total. The average Bonchev–Trinajstić information content (AvgIpc) is 2.81. The van der Waals surface area contributed by atoms with Gasteiger partial charge in [0.25, 0.3) is 5.56 Å². The predicted octanol–water partition coefficient (Wildman–Crippen LogP) is 0.176. The second kappa shape index (κ2) is 7.59. The first-order valence-electron chi connectivity index (χ1n) is 8.24. The molecule has 1 aromatic rings. The number of rotatable bonds is 4. The van der Waals surface area contributed by atoms with Crippen molar-refractivity contribution in [2.24, 2.45) is 5.41 Å². The van der Waals surface area contributed by atoms with E-state index in [1.165, 1.54) is 19.2 Å². The number of hydrogen-bond acceptors (Lipinski definition) is 7. The first kappa shape index (κ1) is 21.4. The van der Waals surface area contributed by atoms with Crippen molar-refractivity contribution in [3.05, 3.63) is 44.2 Å². The number of aliphatic hydroxyl groups is 2. The lowest BCUT2D eigenvalue weighted by molar-refractivity contribution is -0.166. The van der Waals surface area contributed by atoms with Crippen molar-refractivity contribution in [1.82, 2.24) is 9.55 Å². The molecule has 0 amide bonds. The molecule has 1 saturated heterocycles. The maximum atomic E-state index is 12.1. The van der Waals surface area contributed by atoms with Crippen LogP contribution in [0.3, 0.4) is 0 Å². The van der Waals surface area contributed by atoms with Gasteiger partial charge in [-0.05, 0) is 33.8 Å². The molecule has 4 atom stereocenters. The molecule has 1 fully saturated rings. The lowest BCUT2D eigenvalue weighted by Crippen LogP contribution is -2.46. The first-order valence-corrected chi connectivity index (χ1v) is 8.68. The Kier molecular flexibility index (Phi) is 6.00. The molecule has 0 unspecified atom stereocenters. The molecule has 0 aromatic carbocycles. The molecular formula is C17H23ClN2O7. The molecular weight excluding hydrogens is 380 g/mol. The quantitative estimate of drug-likeness (QED) is 0.612. The van der Waals surface area contributed by atoms with Crippen molar-refractivity contribution >= 4 is 17.6 Å². The summed E-state index contributed by atoms with van der Waals surface area (Å²) in [6.45, 7) is 6.02. The molecule has 1 aliphatic heterocycles. The summed E-state index contributed by atoms with van der Waals surface area (Å²) in [5.74, 6) is -0.546. The molecule has 150 valence electrons. The summed E-state index contributed by atoms with van der Waals surface area (Å²) in [4.78, 5) is 37.8. The number of nitrogens with one attached hydrogen (secondary N) is 1.